The maximum Gasteiger partial charge on any atom is 0.254 e. The van der Waals surface area contributed by atoms with Crippen LogP contribution in [0, 0.1) is 0 Å². The van der Waals surface area contributed by atoms with E-state index in [9.17, 15) is 14.4 Å². The van der Waals surface area contributed by atoms with Crippen LogP contribution >= 0.6 is 23.1 Å². The van der Waals surface area contributed by atoms with Crippen LogP contribution in [0.1, 0.15) is 61.3 Å². The second-order valence-corrected chi connectivity index (χ2v) is 11.2. The molecule has 1 aliphatic heterocycles. The molecule has 8 heteroatoms. The number of nitrogens with one attached hydrogen (secondary N) is 2. The van der Waals surface area contributed by atoms with Crippen molar-refractivity contribution in [1.29, 1.82) is 0 Å². The Labute approximate surface area is 197 Å². The molecular formula is C24H29N3O3S2. The van der Waals surface area contributed by atoms with Crippen molar-refractivity contribution < 1.29 is 14.4 Å². The van der Waals surface area contributed by atoms with E-state index in [2.05, 4.69) is 10.6 Å². The summed E-state index contributed by atoms with van der Waals surface area (Å²) in [5.41, 5.74) is 2.44. The number of para-hydroxylation sites is 1. The average Bonchev–Trinajstić information content (AvgIpc) is 3.12. The number of nitrogens with zero attached hydrogens (tertiary/aromatic N) is 1. The monoisotopic (exact) mass is 471 g/mol. The highest BCUT2D eigenvalue weighted by Gasteiger charge is 2.49. The van der Waals surface area contributed by atoms with Crippen LogP contribution in [-0.2, 0) is 22.4 Å². The molecule has 0 saturated carbocycles. The molecule has 1 atom stereocenters. The number of hydrogen-bond donors (Lipinski definition) is 2. The van der Waals surface area contributed by atoms with Crippen molar-refractivity contribution in [3.63, 3.8) is 0 Å². The zero-order valence-corrected chi connectivity index (χ0v) is 20.5. The molecule has 0 saturated heterocycles. The van der Waals surface area contributed by atoms with Crippen LogP contribution in [0.25, 0.3) is 0 Å². The summed E-state index contributed by atoms with van der Waals surface area (Å²) in [6, 6.07) is 7.64. The summed E-state index contributed by atoms with van der Waals surface area (Å²) < 4.78 is -1.32. The first kappa shape index (κ1) is 22.9. The van der Waals surface area contributed by atoms with Gasteiger partial charge in [0.05, 0.1) is 11.3 Å². The second-order valence-electron chi connectivity index (χ2n) is 8.65. The Kier molecular flexibility index (Phi) is 6.36. The summed E-state index contributed by atoms with van der Waals surface area (Å²) in [7, 11) is 0. The van der Waals surface area contributed by atoms with E-state index in [1.54, 1.807) is 11.8 Å². The zero-order chi connectivity index (χ0) is 23.0. The number of anilines is 2. The lowest BCUT2D eigenvalue weighted by atomic mass is 9.95. The molecule has 2 aliphatic rings. The lowest BCUT2D eigenvalue weighted by molar-refractivity contribution is -0.128. The Balaban J connectivity index is 1.69. The van der Waals surface area contributed by atoms with Crippen LogP contribution in [0.4, 0.5) is 10.7 Å². The quantitative estimate of drug-likeness (QED) is 0.624. The van der Waals surface area contributed by atoms with Gasteiger partial charge < -0.3 is 15.5 Å². The van der Waals surface area contributed by atoms with Crippen LogP contribution in [0.15, 0.2) is 29.2 Å². The summed E-state index contributed by atoms with van der Waals surface area (Å²) >= 11 is 2.75. The van der Waals surface area contributed by atoms with Crippen molar-refractivity contribution in [1.82, 2.24) is 5.32 Å². The molecule has 1 aromatic carbocycles. The highest BCUT2D eigenvalue weighted by atomic mass is 32.2. The molecule has 1 unspecified atom stereocenters. The van der Waals surface area contributed by atoms with Crippen LogP contribution in [0.3, 0.4) is 0 Å². The smallest absolute Gasteiger partial charge is 0.254 e. The Morgan fingerprint density at radius 3 is 2.62 bits per heavy atom. The minimum atomic E-state index is -1.32. The largest absolute Gasteiger partial charge is 0.350 e. The predicted octanol–water partition coefficient (Wildman–Crippen LogP) is 4.62. The van der Waals surface area contributed by atoms with Gasteiger partial charge in [0.2, 0.25) is 0 Å². The lowest BCUT2D eigenvalue weighted by Crippen LogP contribution is -2.54. The number of amides is 3. The minimum absolute atomic E-state index is 0.00667. The van der Waals surface area contributed by atoms with Crippen LogP contribution < -0.4 is 15.5 Å². The highest BCUT2D eigenvalue weighted by Crippen LogP contribution is 2.46. The standard InChI is InChI=1S/C24H29N3O3S2/c1-5-27-16-11-7-9-13-18(16)32-24(4,23(27)30)22(29)26-21-19(20(28)25-14(2)3)15-10-6-8-12-17(15)31-21/h7,9,11,13-14H,5-6,8,10,12H2,1-4H3,(H,25,28)(H,26,29). The van der Waals surface area contributed by atoms with Gasteiger partial charge in [-0.1, -0.05) is 23.9 Å². The van der Waals surface area contributed by atoms with Gasteiger partial charge in [-0.2, -0.15) is 0 Å². The Morgan fingerprint density at radius 1 is 1.19 bits per heavy atom. The van der Waals surface area contributed by atoms with Crippen molar-refractivity contribution in [3.05, 3.63) is 40.3 Å². The summed E-state index contributed by atoms with van der Waals surface area (Å²) in [6.45, 7) is 7.91. The van der Waals surface area contributed by atoms with Gasteiger partial charge in [0.15, 0.2) is 4.75 Å². The fourth-order valence-corrected chi connectivity index (χ4v) is 6.80. The van der Waals surface area contributed by atoms with E-state index >= 15 is 0 Å². The molecule has 2 heterocycles. The van der Waals surface area contributed by atoms with E-state index < -0.39 is 10.7 Å². The van der Waals surface area contributed by atoms with E-state index in [4.69, 9.17) is 0 Å². The molecule has 6 nitrogen and oxygen atoms in total. The topological polar surface area (TPSA) is 78.5 Å². The van der Waals surface area contributed by atoms with Crippen LogP contribution in [-0.4, -0.2) is 35.1 Å². The molecule has 32 heavy (non-hydrogen) atoms. The van der Waals surface area contributed by atoms with Gasteiger partial charge >= 0.3 is 0 Å². The first-order chi connectivity index (χ1) is 15.3. The first-order valence-electron chi connectivity index (χ1n) is 11.1. The SMILES string of the molecule is CCN1C(=O)C(C)(C(=O)Nc2sc3c(c2C(=O)NC(C)C)CCCC3)Sc2ccccc21. The maximum absolute atomic E-state index is 13.6. The van der Waals surface area contributed by atoms with Gasteiger partial charge in [-0.25, -0.2) is 0 Å². The summed E-state index contributed by atoms with van der Waals surface area (Å²) in [5.74, 6) is -0.795. The summed E-state index contributed by atoms with van der Waals surface area (Å²) in [5, 5.41) is 6.51. The summed E-state index contributed by atoms with van der Waals surface area (Å²) in [6.07, 6.45) is 3.87. The molecule has 0 radical (unpaired) electrons. The molecule has 0 fully saturated rings. The minimum Gasteiger partial charge on any atom is -0.350 e. The number of carbonyl (C=O) groups is 3. The van der Waals surface area contributed by atoms with Crippen LogP contribution in [0.5, 0.6) is 0 Å². The first-order valence-corrected chi connectivity index (χ1v) is 12.8. The van der Waals surface area contributed by atoms with Crippen molar-refractivity contribution in [2.75, 3.05) is 16.8 Å². The Bertz CT molecular complexity index is 1080. The number of hydrogen-bond acceptors (Lipinski definition) is 5. The van der Waals surface area contributed by atoms with E-state index in [-0.39, 0.29) is 17.9 Å². The third-order valence-electron chi connectivity index (χ3n) is 5.92. The third-order valence-corrected chi connectivity index (χ3v) is 8.46. The number of fused-ring (bicyclic) bond motifs is 2. The number of carbonyl (C=O) groups excluding carboxylic acids is 3. The third kappa shape index (κ3) is 3.94. The number of thioether (sulfide) groups is 1. The molecule has 1 aliphatic carbocycles. The van der Waals surface area contributed by atoms with E-state index in [0.717, 1.165) is 46.7 Å². The molecule has 2 N–H and O–H groups in total. The van der Waals surface area contributed by atoms with Crippen molar-refractivity contribution >= 4 is 51.5 Å². The molecular weight excluding hydrogens is 442 g/mol. The van der Waals surface area contributed by atoms with E-state index in [1.165, 1.54) is 23.1 Å². The molecule has 170 valence electrons. The van der Waals surface area contributed by atoms with Gasteiger partial charge in [-0.3, -0.25) is 14.4 Å². The van der Waals surface area contributed by atoms with Gasteiger partial charge in [0.25, 0.3) is 17.7 Å². The van der Waals surface area contributed by atoms with E-state index in [0.29, 0.717) is 17.1 Å². The molecule has 1 aromatic heterocycles. The van der Waals surface area contributed by atoms with E-state index in [1.807, 2.05) is 45.0 Å². The lowest BCUT2D eigenvalue weighted by Gasteiger charge is -2.38. The molecule has 0 spiro atoms. The number of thiophene rings is 1. The fraction of sp³-hybridized carbons (Fsp3) is 0.458. The second kappa shape index (κ2) is 8.90. The average molecular weight is 472 g/mol. The molecule has 2 aromatic rings. The Hall–Kier alpha value is -2.32. The summed E-state index contributed by atoms with van der Waals surface area (Å²) in [4.78, 5) is 43.7. The number of aryl methyl sites for hydroxylation is 1. The highest BCUT2D eigenvalue weighted by molar-refractivity contribution is 8.02. The fourth-order valence-electron chi connectivity index (χ4n) is 4.31. The Morgan fingerprint density at radius 2 is 1.91 bits per heavy atom. The van der Waals surface area contributed by atoms with Gasteiger partial charge in [0, 0.05) is 22.4 Å². The molecule has 0 bridgehead atoms. The normalized spacial score (nSPS) is 20.0. The number of benzene rings is 1. The van der Waals surface area contributed by atoms with Crippen molar-refractivity contribution in [2.45, 2.75) is 69.1 Å². The van der Waals surface area contributed by atoms with Gasteiger partial charge in [-0.05, 0) is 71.1 Å². The maximum atomic E-state index is 13.6. The van der Waals surface area contributed by atoms with Crippen molar-refractivity contribution in [3.8, 4) is 0 Å². The van der Waals surface area contributed by atoms with Gasteiger partial charge in [-0.15, -0.1) is 11.3 Å². The molecule has 4 rings (SSSR count). The van der Waals surface area contributed by atoms with Gasteiger partial charge in [0.1, 0.15) is 5.00 Å². The predicted molar refractivity (Wildman–Crippen MR) is 131 cm³/mol. The molecule has 3 amide bonds. The number of rotatable bonds is 5. The van der Waals surface area contributed by atoms with Crippen LogP contribution in [0.2, 0.25) is 0 Å². The zero-order valence-electron chi connectivity index (χ0n) is 18.9. The van der Waals surface area contributed by atoms with Crippen molar-refractivity contribution in [2.24, 2.45) is 0 Å².